The molecule has 0 atom stereocenters. The number of nitrogens with one attached hydrogen (secondary N) is 1. The van der Waals surface area contributed by atoms with E-state index in [-0.39, 0.29) is 0 Å². The summed E-state index contributed by atoms with van der Waals surface area (Å²) in [6.07, 6.45) is 5.39. The summed E-state index contributed by atoms with van der Waals surface area (Å²) in [5.41, 5.74) is 0. The van der Waals surface area contributed by atoms with Crippen molar-refractivity contribution in [3.8, 4) is 0 Å². The quantitative estimate of drug-likeness (QED) is 0.749. The number of hydrogen-bond donors (Lipinski definition) is 1. The SMILES string of the molecule is CCC(CC)N1CCC(CNC(C)C)CC1. The summed E-state index contributed by atoms with van der Waals surface area (Å²) in [5, 5.41) is 3.57. The highest BCUT2D eigenvalue weighted by Crippen LogP contribution is 2.20. The van der Waals surface area contributed by atoms with Crippen molar-refractivity contribution in [2.45, 2.75) is 65.5 Å². The third-order valence-electron chi connectivity index (χ3n) is 3.92. The summed E-state index contributed by atoms with van der Waals surface area (Å²) < 4.78 is 0. The van der Waals surface area contributed by atoms with E-state index in [0.717, 1.165) is 12.0 Å². The van der Waals surface area contributed by atoms with E-state index in [2.05, 4.69) is 37.9 Å². The highest BCUT2D eigenvalue weighted by atomic mass is 15.2. The van der Waals surface area contributed by atoms with Gasteiger partial charge in [-0.15, -0.1) is 0 Å². The van der Waals surface area contributed by atoms with Gasteiger partial charge in [0.2, 0.25) is 0 Å². The van der Waals surface area contributed by atoms with Gasteiger partial charge in [-0.05, 0) is 51.2 Å². The van der Waals surface area contributed by atoms with Crippen LogP contribution in [0.3, 0.4) is 0 Å². The summed E-state index contributed by atoms with van der Waals surface area (Å²) in [7, 11) is 0. The fourth-order valence-corrected chi connectivity index (χ4v) is 2.73. The zero-order valence-corrected chi connectivity index (χ0v) is 11.6. The number of nitrogens with zero attached hydrogens (tertiary/aromatic N) is 1. The van der Waals surface area contributed by atoms with Crippen LogP contribution in [0.25, 0.3) is 0 Å². The van der Waals surface area contributed by atoms with Gasteiger partial charge in [0, 0.05) is 12.1 Å². The molecule has 0 aromatic rings. The Morgan fingerprint density at radius 3 is 2.12 bits per heavy atom. The van der Waals surface area contributed by atoms with Crippen molar-refractivity contribution in [1.29, 1.82) is 0 Å². The van der Waals surface area contributed by atoms with Crippen LogP contribution in [0.4, 0.5) is 0 Å². The van der Waals surface area contributed by atoms with Crippen LogP contribution in [0.2, 0.25) is 0 Å². The van der Waals surface area contributed by atoms with Crippen LogP contribution in [-0.4, -0.2) is 36.6 Å². The lowest BCUT2D eigenvalue weighted by molar-refractivity contribution is 0.124. The topological polar surface area (TPSA) is 15.3 Å². The zero-order valence-electron chi connectivity index (χ0n) is 11.6. The predicted molar refractivity (Wildman–Crippen MR) is 71.8 cm³/mol. The van der Waals surface area contributed by atoms with Gasteiger partial charge >= 0.3 is 0 Å². The molecule has 1 aliphatic rings. The molecule has 2 heteroatoms. The molecule has 1 fully saturated rings. The molecule has 0 radical (unpaired) electrons. The summed E-state index contributed by atoms with van der Waals surface area (Å²) in [5.74, 6) is 0.910. The van der Waals surface area contributed by atoms with Crippen molar-refractivity contribution in [2.75, 3.05) is 19.6 Å². The highest BCUT2D eigenvalue weighted by Gasteiger charge is 2.22. The van der Waals surface area contributed by atoms with Crippen molar-refractivity contribution in [1.82, 2.24) is 10.2 Å². The van der Waals surface area contributed by atoms with E-state index in [1.807, 2.05) is 0 Å². The van der Waals surface area contributed by atoms with Crippen molar-refractivity contribution < 1.29 is 0 Å². The Kier molecular flexibility index (Phi) is 6.37. The molecule has 0 aromatic carbocycles. The van der Waals surface area contributed by atoms with Crippen LogP contribution in [0.15, 0.2) is 0 Å². The van der Waals surface area contributed by atoms with Crippen molar-refractivity contribution >= 4 is 0 Å². The summed E-state index contributed by atoms with van der Waals surface area (Å²) in [6, 6.07) is 1.47. The lowest BCUT2D eigenvalue weighted by Gasteiger charge is -2.37. The molecule has 1 rings (SSSR count). The molecule has 96 valence electrons. The first-order valence-electron chi connectivity index (χ1n) is 7.14. The standard InChI is InChI=1S/C14H30N2/c1-5-14(6-2)16-9-7-13(8-10-16)11-15-12(3)4/h12-15H,5-11H2,1-4H3. The predicted octanol–water partition coefficient (Wildman–Crippen LogP) is 2.89. The van der Waals surface area contributed by atoms with Gasteiger partial charge in [-0.3, -0.25) is 0 Å². The Labute approximate surface area is 102 Å². The van der Waals surface area contributed by atoms with Crippen LogP contribution in [0.5, 0.6) is 0 Å². The van der Waals surface area contributed by atoms with Gasteiger partial charge in [0.05, 0.1) is 0 Å². The first-order valence-corrected chi connectivity index (χ1v) is 7.14. The van der Waals surface area contributed by atoms with Crippen molar-refractivity contribution in [2.24, 2.45) is 5.92 Å². The summed E-state index contributed by atoms with van der Waals surface area (Å²) >= 11 is 0. The molecule has 0 spiro atoms. The average molecular weight is 226 g/mol. The van der Waals surface area contributed by atoms with Gasteiger partial charge in [-0.25, -0.2) is 0 Å². The molecule has 0 aliphatic carbocycles. The van der Waals surface area contributed by atoms with Crippen LogP contribution < -0.4 is 5.32 Å². The third kappa shape index (κ3) is 4.42. The Morgan fingerprint density at radius 1 is 1.12 bits per heavy atom. The molecule has 1 aliphatic heterocycles. The Morgan fingerprint density at radius 2 is 1.69 bits per heavy atom. The van der Waals surface area contributed by atoms with E-state index in [4.69, 9.17) is 0 Å². The zero-order chi connectivity index (χ0) is 12.0. The lowest BCUT2D eigenvalue weighted by Crippen LogP contribution is -2.43. The molecule has 0 bridgehead atoms. The molecule has 16 heavy (non-hydrogen) atoms. The van der Waals surface area contributed by atoms with Gasteiger partial charge in [0.25, 0.3) is 0 Å². The molecule has 0 unspecified atom stereocenters. The van der Waals surface area contributed by atoms with E-state index >= 15 is 0 Å². The molecule has 0 aromatic heterocycles. The Balaban J connectivity index is 2.22. The van der Waals surface area contributed by atoms with Gasteiger partial charge in [-0.2, -0.15) is 0 Å². The maximum Gasteiger partial charge on any atom is 0.00900 e. The second-order valence-electron chi connectivity index (χ2n) is 5.51. The second-order valence-corrected chi connectivity index (χ2v) is 5.51. The highest BCUT2D eigenvalue weighted by molar-refractivity contribution is 4.78. The Bertz CT molecular complexity index is 168. The van der Waals surface area contributed by atoms with Gasteiger partial charge in [0.15, 0.2) is 0 Å². The summed E-state index contributed by atoms with van der Waals surface area (Å²) in [6.45, 7) is 13.0. The maximum atomic E-state index is 3.57. The molecular weight excluding hydrogens is 196 g/mol. The second kappa shape index (κ2) is 7.29. The average Bonchev–Trinajstić information content (AvgIpc) is 2.29. The molecule has 0 amide bonds. The largest absolute Gasteiger partial charge is 0.314 e. The van der Waals surface area contributed by atoms with Crippen LogP contribution >= 0.6 is 0 Å². The maximum absolute atomic E-state index is 3.57. The molecule has 1 heterocycles. The number of rotatable bonds is 6. The minimum atomic E-state index is 0.636. The van der Waals surface area contributed by atoms with E-state index in [1.54, 1.807) is 0 Å². The smallest absolute Gasteiger partial charge is 0.00900 e. The van der Waals surface area contributed by atoms with E-state index in [1.165, 1.54) is 45.3 Å². The van der Waals surface area contributed by atoms with Gasteiger partial charge < -0.3 is 10.2 Å². The van der Waals surface area contributed by atoms with Gasteiger partial charge in [-0.1, -0.05) is 27.7 Å². The van der Waals surface area contributed by atoms with Crippen LogP contribution in [0, 0.1) is 5.92 Å². The molecular formula is C14H30N2. The fraction of sp³-hybridized carbons (Fsp3) is 1.00. The van der Waals surface area contributed by atoms with Crippen molar-refractivity contribution in [3.63, 3.8) is 0 Å². The normalized spacial score (nSPS) is 19.9. The van der Waals surface area contributed by atoms with Crippen LogP contribution in [0.1, 0.15) is 53.4 Å². The molecule has 0 saturated carbocycles. The fourth-order valence-electron chi connectivity index (χ4n) is 2.73. The summed E-state index contributed by atoms with van der Waals surface area (Å²) in [4.78, 5) is 2.70. The monoisotopic (exact) mass is 226 g/mol. The lowest BCUT2D eigenvalue weighted by atomic mass is 9.94. The number of hydrogen-bond acceptors (Lipinski definition) is 2. The third-order valence-corrected chi connectivity index (χ3v) is 3.92. The van der Waals surface area contributed by atoms with Gasteiger partial charge in [0.1, 0.15) is 0 Å². The number of likely N-dealkylation sites (tertiary alicyclic amines) is 1. The van der Waals surface area contributed by atoms with E-state index in [0.29, 0.717) is 6.04 Å². The Hall–Kier alpha value is -0.0800. The molecule has 1 saturated heterocycles. The number of piperidine rings is 1. The van der Waals surface area contributed by atoms with Crippen molar-refractivity contribution in [3.05, 3.63) is 0 Å². The first-order chi connectivity index (χ1) is 7.67. The minimum Gasteiger partial charge on any atom is -0.314 e. The first kappa shape index (κ1) is 14.0. The minimum absolute atomic E-state index is 0.636. The van der Waals surface area contributed by atoms with Crippen LogP contribution in [-0.2, 0) is 0 Å². The molecule has 1 N–H and O–H groups in total. The van der Waals surface area contributed by atoms with E-state index < -0.39 is 0 Å². The molecule has 2 nitrogen and oxygen atoms in total. The van der Waals surface area contributed by atoms with E-state index in [9.17, 15) is 0 Å².